The third-order valence-electron chi connectivity index (χ3n) is 4.54. The third kappa shape index (κ3) is 2.61. The summed E-state index contributed by atoms with van der Waals surface area (Å²) in [6.45, 7) is 6.54. The lowest BCUT2D eigenvalue weighted by Crippen LogP contribution is -2.58. The number of hydrogen-bond acceptors (Lipinski definition) is 2. The number of ether oxygens (including phenoxy) is 1. The predicted octanol–water partition coefficient (Wildman–Crippen LogP) is 3.64. The number of halogens is 1. The van der Waals surface area contributed by atoms with Gasteiger partial charge in [-0.05, 0) is 44.7 Å². The van der Waals surface area contributed by atoms with Crippen molar-refractivity contribution >= 4 is 15.9 Å². The summed E-state index contributed by atoms with van der Waals surface area (Å²) < 4.78 is 7.43. The molecule has 2 aliphatic rings. The van der Waals surface area contributed by atoms with Crippen LogP contribution >= 0.6 is 15.9 Å². The van der Waals surface area contributed by atoms with Crippen LogP contribution in [0.25, 0.3) is 0 Å². The molecule has 0 radical (unpaired) electrons. The maximum Gasteiger partial charge on any atom is 0.0631 e. The molecule has 3 rings (SSSR count). The van der Waals surface area contributed by atoms with E-state index in [2.05, 4.69) is 59.4 Å². The fourth-order valence-electron chi connectivity index (χ4n) is 3.42. The van der Waals surface area contributed by atoms with Gasteiger partial charge in [-0.25, -0.2) is 0 Å². The Morgan fingerprint density at radius 1 is 1.32 bits per heavy atom. The topological polar surface area (TPSA) is 21.3 Å². The molecule has 2 heterocycles. The summed E-state index contributed by atoms with van der Waals surface area (Å²) in [7, 11) is 0. The molecule has 0 saturated carbocycles. The van der Waals surface area contributed by atoms with Gasteiger partial charge in [0.05, 0.1) is 11.7 Å². The fourth-order valence-corrected chi connectivity index (χ4v) is 4.13. The minimum atomic E-state index is 0.0664. The van der Waals surface area contributed by atoms with Gasteiger partial charge in [-0.1, -0.05) is 34.1 Å². The van der Waals surface area contributed by atoms with Gasteiger partial charge in [0.25, 0.3) is 0 Å². The molecule has 0 aromatic heterocycles. The van der Waals surface area contributed by atoms with E-state index in [1.54, 1.807) is 0 Å². The summed E-state index contributed by atoms with van der Waals surface area (Å²) in [5.41, 5.74) is 1.75. The zero-order valence-electron chi connectivity index (χ0n) is 11.7. The van der Waals surface area contributed by atoms with Crippen LogP contribution in [0, 0.1) is 0 Å². The van der Waals surface area contributed by atoms with Crippen LogP contribution in [-0.2, 0) is 10.2 Å². The summed E-state index contributed by atoms with van der Waals surface area (Å²) in [5, 5.41) is 3.45. The van der Waals surface area contributed by atoms with E-state index in [0.717, 1.165) is 19.5 Å². The maximum atomic E-state index is 6.20. The van der Waals surface area contributed by atoms with Crippen LogP contribution in [0.15, 0.2) is 28.7 Å². The Morgan fingerprint density at radius 3 is 2.58 bits per heavy atom. The molecule has 1 atom stereocenters. The van der Waals surface area contributed by atoms with Crippen LogP contribution in [0.1, 0.15) is 38.7 Å². The molecule has 2 fully saturated rings. The molecule has 1 aromatic carbocycles. The minimum Gasteiger partial charge on any atom is -0.372 e. The highest BCUT2D eigenvalue weighted by atomic mass is 79.9. The summed E-state index contributed by atoms with van der Waals surface area (Å²) in [6, 6.07) is 8.63. The predicted molar refractivity (Wildman–Crippen MR) is 81.5 cm³/mol. The van der Waals surface area contributed by atoms with E-state index in [1.165, 1.54) is 22.9 Å². The first kappa shape index (κ1) is 13.6. The Morgan fingerprint density at radius 2 is 2.05 bits per heavy atom. The van der Waals surface area contributed by atoms with E-state index in [9.17, 15) is 0 Å². The van der Waals surface area contributed by atoms with Crippen molar-refractivity contribution in [2.45, 2.75) is 50.2 Å². The Bertz CT molecular complexity index is 468. The Hall–Kier alpha value is -0.380. The van der Waals surface area contributed by atoms with E-state index in [1.807, 2.05) is 0 Å². The average Bonchev–Trinajstić information content (AvgIpc) is 2.64. The molecule has 2 aliphatic heterocycles. The van der Waals surface area contributed by atoms with E-state index in [0.29, 0.717) is 6.10 Å². The van der Waals surface area contributed by atoms with Gasteiger partial charge < -0.3 is 10.1 Å². The lowest BCUT2D eigenvalue weighted by atomic mass is 9.71. The highest BCUT2D eigenvalue weighted by Gasteiger charge is 2.44. The summed E-state index contributed by atoms with van der Waals surface area (Å²) in [4.78, 5) is 0. The van der Waals surface area contributed by atoms with Gasteiger partial charge in [-0.15, -0.1) is 0 Å². The van der Waals surface area contributed by atoms with Gasteiger partial charge in [0, 0.05) is 23.0 Å². The Balaban J connectivity index is 1.79. The van der Waals surface area contributed by atoms with Gasteiger partial charge in [0.2, 0.25) is 0 Å². The van der Waals surface area contributed by atoms with Crippen molar-refractivity contribution in [1.82, 2.24) is 5.32 Å². The van der Waals surface area contributed by atoms with Crippen LogP contribution in [0.5, 0.6) is 0 Å². The van der Waals surface area contributed by atoms with Crippen LogP contribution in [0.3, 0.4) is 0 Å². The molecule has 104 valence electrons. The van der Waals surface area contributed by atoms with Crippen molar-refractivity contribution in [3.63, 3.8) is 0 Å². The molecule has 19 heavy (non-hydrogen) atoms. The summed E-state index contributed by atoms with van der Waals surface area (Å²) in [6.07, 6.45) is 3.91. The monoisotopic (exact) mass is 323 g/mol. The average molecular weight is 324 g/mol. The lowest BCUT2D eigenvalue weighted by molar-refractivity contribution is -0.0319. The summed E-state index contributed by atoms with van der Waals surface area (Å²) >= 11 is 3.71. The first-order valence-electron chi connectivity index (χ1n) is 7.14. The molecule has 1 aromatic rings. The highest BCUT2D eigenvalue weighted by molar-refractivity contribution is 9.10. The quantitative estimate of drug-likeness (QED) is 0.917. The second-order valence-corrected chi connectivity index (χ2v) is 7.46. The molecule has 1 unspecified atom stereocenters. The zero-order chi connectivity index (χ0) is 13.5. The van der Waals surface area contributed by atoms with Gasteiger partial charge in [-0.3, -0.25) is 0 Å². The molecule has 3 heteroatoms. The molecule has 0 bridgehead atoms. The van der Waals surface area contributed by atoms with Gasteiger partial charge in [0.15, 0.2) is 0 Å². The number of hydrogen-bond donors (Lipinski definition) is 1. The molecular formula is C16H22BrNO. The molecule has 2 nitrogen and oxygen atoms in total. The van der Waals surface area contributed by atoms with E-state index in [-0.39, 0.29) is 11.0 Å². The largest absolute Gasteiger partial charge is 0.372 e. The van der Waals surface area contributed by atoms with E-state index >= 15 is 0 Å². The van der Waals surface area contributed by atoms with Crippen LogP contribution in [0.2, 0.25) is 0 Å². The number of benzene rings is 1. The number of nitrogens with one attached hydrogen (secondary N) is 1. The second kappa shape index (κ2) is 4.87. The molecule has 0 aliphatic carbocycles. The summed E-state index contributed by atoms with van der Waals surface area (Å²) in [5.74, 6) is 0. The van der Waals surface area contributed by atoms with Crippen molar-refractivity contribution in [1.29, 1.82) is 0 Å². The Kier molecular flexibility index (Phi) is 3.48. The standard InChI is InChI=1S/C16H22BrNO/c1-15(2)8-7-12(19-15)9-16(10-18-11-16)13-5-3-4-6-14(13)17/h3-6,12,18H,7-11H2,1-2H3. The lowest BCUT2D eigenvalue weighted by Gasteiger charge is -2.45. The smallest absolute Gasteiger partial charge is 0.0631 e. The van der Waals surface area contributed by atoms with Crippen LogP contribution in [-0.4, -0.2) is 24.8 Å². The highest BCUT2D eigenvalue weighted by Crippen LogP contribution is 2.42. The normalized spacial score (nSPS) is 28.1. The first-order chi connectivity index (χ1) is 9.01. The van der Waals surface area contributed by atoms with Crippen LogP contribution < -0.4 is 5.32 Å². The van der Waals surface area contributed by atoms with Crippen molar-refractivity contribution in [3.05, 3.63) is 34.3 Å². The molecular weight excluding hydrogens is 302 g/mol. The van der Waals surface area contributed by atoms with Gasteiger partial charge in [0.1, 0.15) is 0 Å². The van der Waals surface area contributed by atoms with Crippen molar-refractivity contribution in [2.24, 2.45) is 0 Å². The fraction of sp³-hybridized carbons (Fsp3) is 0.625. The van der Waals surface area contributed by atoms with Crippen molar-refractivity contribution in [3.8, 4) is 0 Å². The van der Waals surface area contributed by atoms with Crippen molar-refractivity contribution in [2.75, 3.05) is 13.1 Å². The van der Waals surface area contributed by atoms with E-state index < -0.39 is 0 Å². The SMILES string of the molecule is CC1(C)CCC(CC2(c3ccccc3Br)CNC2)O1. The van der Waals surface area contributed by atoms with E-state index in [4.69, 9.17) is 4.74 Å². The van der Waals surface area contributed by atoms with Crippen molar-refractivity contribution < 1.29 is 4.74 Å². The van der Waals surface area contributed by atoms with Gasteiger partial charge >= 0.3 is 0 Å². The first-order valence-corrected chi connectivity index (χ1v) is 7.94. The second-order valence-electron chi connectivity index (χ2n) is 6.61. The molecule has 0 spiro atoms. The molecule has 2 saturated heterocycles. The molecule has 0 amide bonds. The Labute approximate surface area is 124 Å². The third-order valence-corrected chi connectivity index (χ3v) is 5.24. The van der Waals surface area contributed by atoms with Crippen LogP contribution in [0.4, 0.5) is 0 Å². The minimum absolute atomic E-state index is 0.0664. The molecule has 1 N–H and O–H groups in total. The number of rotatable bonds is 3. The maximum absolute atomic E-state index is 6.20. The zero-order valence-corrected chi connectivity index (χ0v) is 13.3. The van der Waals surface area contributed by atoms with Gasteiger partial charge in [-0.2, -0.15) is 0 Å².